The van der Waals surface area contributed by atoms with Gasteiger partial charge in [-0.25, -0.2) is 0 Å². The fourth-order valence-corrected chi connectivity index (χ4v) is 1.92. The molecule has 0 radical (unpaired) electrons. The zero-order valence-corrected chi connectivity index (χ0v) is 10.8. The largest absolute Gasteiger partial charge is 0.457 e. The number of aryl methyl sites for hydroxylation is 2. The minimum absolute atomic E-state index is 0.557. The zero-order chi connectivity index (χ0) is 13.8. The van der Waals surface area contributed by atoms with Crippen LogP contribution >= 0.6 is 0 Å². The van der Waals surface area contributed by atoms with E-state index in [4.69, 9.17) is 15.3 Å². The molecule has 2 aromatic carbocycles. The molecule has 0 aliphatic heterocycles. The lowest BCUT2D eigenvalue weighted by Crippen LogP contribution is -1.93. The molecule has 2 rings (SSSR count). The fraction of sp³-hybridized carbons (Fsp3) is 0.125. The first-order chi connectivity index (χ1) is 9.13. The van der Waals surface area contributed by atoms with Gasteiger partial charge in [0.05, 0.1) is 23.3 Å². The van der Waals surface area contributed by atoms with E-state index in [2.05, 4.69) is 12.1 Å². The van der Waals surface area contributed by atoms with E-state index in [1.165, 1.54) is 0 Å². The second-order valence-electron chi connectivity index (χ2n) is 4.29. The van der Waals surface area contributed by atoms with E-state index in [9.17, 15) is 0 Å². The second-order valence-corrected chi connectivity index (χ2v) is 4.29. The maximum absolute atomic E-state index is 8.91. The smallest absolute Gasteiger partial charge is 0.133 e. The lowest BCUT2D eigenvalue weighted by molar-refractivity contribution is 0.475. The van der Waals surface area contributed by atoms with E-state index in [0.29, 0.717) is 16.9 Å². The third-order valence-corrected chi connectivity index (χ3v) is 2.77. The molecule has 92 valence electrons. The van der Waals surface area contributed by atoms with Crippen LogP contribution < -0.4 is 4.74 Å². The molecule has 0 bridgehead atoms. The summed E-state index contributed by atoms with van der Waals surface area (Å²) in [5.41, 5.74) is 2.98. The first-order valence-corrected chi connectivity index (χ1v) is 5.83. The van der Waals surface area contributed by atoms with Crippen molar-refractivity contribution < 1.29 is 4.74 Å². The number of ether oxygens (including phenoxy) is 1. The maximum atomic E-state index is 8.91. The summed E-state index contributed by atoms with van der Waals surface area (Å²) in [6.45, 7) is 3.80. The summed E-state index contributed by atoms with van der Waals surface area (Å²) in [6, 6.07) is 14.8. The highest BCUT2D eigenvalue weighted by Gasteiger charge is 2.08. The van der Waals surface area contributed by atoms with Crippen LogP contribution in [0.15, 0.2) is 36.4 Å². The molecule has 0 atom stereocenters. The van der Waals surface area contributed by atoms with Gasteiger partial charge in [-0.1, -0.05) is 6.07 Å². The van der Waals surface area contributed by atoms with Crippen molar-refractivity contribution in [1.82, 2.24) is 0 Å². The van der Waals surface area contributed by atoms with Gasteiger partial charge < -0.3 is 4.74 Å². The first kappa shape index (κ1) is 12.7. The Bertz CT molecular complexity index is 682. The number of rotatable bonds is 2. The molecule has 0 unspecified atom stereocenters. The topological polar surface area (TPSA) is 56.8 Å². The van der Waals surface area contributed by atoms with Crippen molar-refractivity contribution in [3.63, 3.8) is 0 Å². The summed E-state index contributed by atoms with van der Waals surface area (Å²) in [5.74, 6) is 1.35. The van der Waals surface area contributed by atoms with Crippen molar-refractivity contribution in [2.75, 3.05) is 0 Å². The van der Waals surface area contributed by atoms with Gasteiger partial charge in [-0.05, 0) is 55.3 Å². The number of nitrogens with zero attached hydrogens (tertiary/aromatic N) is 2. The SMILES string of the molecule is Cc1cc(C#N)cc(C)c1Oc1cccc(C#N)c1. The van der Waals surface area contributed by atoms with Gasteiger partial charge in [-0.3, -0.25) is 0 Å². The van der Waals surface area contributed by atoms with Crippen LogP contribution in [0.3, 0.4) is 0 Å². The van der Waals surface area contributed by atoms with E-state index in [-0.39, 0.29) is 0 Å². The minimum atomic E-state index is 0.557. The lowest BCUT2D eigenvalue weighted by Gasteiger charge is -2.12. The zero-order valence-electron chi connectivity index (χ0n) is 10.8. The van der Waals surface area contributed by atoms with Gasteiger partial charge in [-0.2, -0.15) is 10.5 Å². The van der Waals surface area contributed by atoms with Gasteiger partial charge in [0.25, 0.3) is 0 Å². The van der Waals surface area contributed by atoms with Crippen LogP contribution in [-0.4, -0.2) is 0 Å². The van der Waals surface area contributed by atoms with E-state index >= 15 is 0 Å². The van der Waals surface area contributed by atoms with Crippen LogP contribution in [0.5, 0.6) is 11.5 Å². The lowest BCUT2D eigenvalue weighted by atomic mass is 10.1. The molecule has 0 aliphatic carbocycles. The molecule has 0 amide bonds. The number of nitriles is 2. The molecule has 19 heavy (non-hydrogen) atoms. The second kappa shape index (κ2) is 5.25. The summed E-state index contributed by atoms with van der Waals surface area (Å²) >= 11 is 0. The molecule has 2 aromatic rings. The molecule has 0 aliphatic rings. The highest BCUT2D eigenvalue weighted by molar-refractivity contribution is 5.49. The third kappa shape index (κ3) is 2.73. The normalized spacial score (nSPS) is 9.47. The monoisotopic (exact) mass is 248 g/mol. The van der Waals surface area contributed by atoms with Crippen molar-refractivity contribution in [1.29, 1.82) is 10.5 Å². The van der Waals surface area contributed by atoms with Crippen molar-refractivity contribution >= 4 is 0 Å². The molecule has 0 saturated heterocycles. The molecule has 0 saturated carbocycles. The van der Waals surface area contributed by atoms with Crippen LogP contribution in [0.4, 0.5) is 0 Å². The van der Waals surface area contributed by atoms with Crippen molar-refractivity contribution in [3.05, 3.63) is 58.7 Å². The predicted octanol–water partition coefficient (Wildman–Crippen LogP) is 3.84. The molecule has 3 nitrogen and oxygen atoms in total. The Morgan fingerprint density at radius 1 is 0.895 bits per heavy atom. The predicted molar refractivity (Wildman–Crippen MR) is 71.9 cm³/mol. The number of benzene rings is 2. The summed E-state index contributed by atoms with van der Waals surface area (Å²) in [4.78, 5) is 0. The molecule has 0 N–H and O–H groups in total. The van der Waals surface area contributed by atoms with Gasteiger partial charge in [0.15, 0.2) is 0 Å². The van der Waals surface area contributed by atoms with Crippen LogP contribution in [0, 0.1) is 36.5 Å². The fourth-order valence-electron chi connectivity index (χ4n) is 1.92. The Kier molecular flexibility index (Phi) is 3.50. The summed E-state index contributed by atoms with van der Waals surface area (Å²) in [6.07, 6.45) is 0. The Balaban J connectivity index is 2.39. The van der Waals surface area contributed by atoms with Crippen LogP contribution in [0.25, 0.3) is 0 Å². The highest BCUT2D eigenvalue weighted by Crippen LogP contribution is 2.30. The van der Waals surface area contributed by atoms with E-state index in [0.717, 1.165) is 16.9 Å². The van der Waals surface area contributed by atoms with Crippen LogP contribution in [-0.2, 0) is 0 Å². The van der Waals surface area contributed by atoms with E-state index in [1.807, 2.05) is 13.8 Å². The quantitative estimate of drug-likeness (QED) is 0.811. The Morgan fingerprint density at radius 2 is 1.53 bits per heavy atom. The van der Waals surface area contributed by atoms with E-state index < -0.39 is 0 Å². The van der Waals surface area contributed by atoms with Crippen LogP contribution in [0.1, 0.15) is 22.3 Å². The molecule has 0 heterocycles. The number of hydrogen-bond acceptors (Lipinski definition) is 3. The molecular formula is C16H12N2O. The Morgan fingerprint density at radius 3 is 2.11 bits per heavy atom. The highest BCUT2D eigenvalue weighted by atomic mass is 16.5. The molecule has 3 heteroatoms. The van der Waals surface area contributed by atoms with Crippen molar-refractivity contribution in [2.24, 2.45) is 0 Å². The van der Waals surface area contributed by atoms with E-state index in [1.54, 1.807) is 36.4 Å². The van der Waals surface area contributed by atoms with Gasteiger partial charge >= 0.3 is 0 Å². The van der Waals surface area contributed by atoms with Crippen molar-refractivity contribution in [2.45, 2.75) is 13.8 Å². The van der Waals surface area contributed by atoms with Gasteiger partial charge in [0, 0.05) is 0 Å². The van der Waals surface area contributed by atoms with Gasteiger partial charge in [-0.15, -0.1) is 0 Å². The van der Waals surface area contributed by atoms with Gasteiger partial charge in [0.1, 0.15) is 11.5 Å². The number of hydrogen-bond donors (Lipinski definition) is 0. The van der Waals surface area contributed by atoms with Gasteiger partial charge in [0.2, 0.25) is 0 Å². The summed E-state index contributed by atoms with van der Waals surface area (Å²) in [7, 11) is 0. The molecule has 0 spiro atoms. The molecule has 0 aromatic heterocycles. The maximum Gasteiger partial charge on any atom is 0.133 e. The summed E-state index contributed by atoms with van der Waals surface area (Å²) < 4.78 is 5.82. The Labute approximate surface area is 112 Å². The summed E-state index contributed by atoms with van der Waals surface area (Å²) in [5, 5.41) is 17.8. The molecule has 0 fully saturated rings. The minimum Gasteiger partial charge on any atom is -0.457 e. The standard InChI is InChI=1S/C16H12N2O/c1-11-6-14(10-18)7-12(2)16(11)19-15-5-3-4-13(8-15)9-17/h3-8H,1-2H3. The average Bonchev–Trinajstić information content (AvgIpc) is 2.42. The third-order valence-electron chi connectivity index (χ3n) is 2.77. The molecular weight excluding hydrogens is 236 g/mol. The van der Waals surface area contributed by atoms with Crippen LogP contribution in [0.2, 0.25) is 0 Å². The van der Waals surface area contributed by atoms with Crippen molar-refractivity contribution in [3.8, 4) is 23.6 Å². The first-order valence-electron chi connectivity index (χ1n) is 5.83. The average molecular weight is 248 g/mol. The Hall–Kier alpha value is -2.78.